The molecule has 2 aromatic carbocycles. The first-order valence-corrected chi connectivity index (χ1v) is 8.16. The summed E-state index contributed by atoms with van der Waals surface area (Å²) in [5.41, 5.74) is 3.74. The Morgan fingerprint density at radius 2 is 2.00 bits per heavy atom. The van der Waals surface area contributed by atoms with Gasteiger partial charge in [-0.05, 0) is 29.7 Å². The van der Waals surface area contributed by atoms with Crippen molar-refractivity contribution in [2.75, 3.05) is 25.5 Å². The fraction of sp³-hybridized carbons (Fsp3) is 0.263. The lowest BCUT2D eigenvalue weighted by molar-refractivity contribution is 0.475. The summed E-state index contributed by atoms with van der Waals surface area (Å²) >= 11 is 0. The summed E-state index contributed by atoms with van der Waals surface area (Å²) in [4.78, 5) is 4.42. The molecule has 2 aliphatic rings. The number of hydrogen-bond donors (Lipinski definition) is 3. The number of nitrogens with zero attached hydrogens (tertiary/aromatic N) is 2. The van der Waals surface area contributed by atoms with Gasteiger partial charge in [-0.1, -0.05) is 12.1 Å². The molecule has 0 unspecified atom stereocenters. The number of phenols is 2. The lowest BCUT2D eigenvalue weighted by atomic mass is 10.1. The largest absolute Gasteiger partial charge is 0.508 e. The van der Waals surface area contributed by atoms with Gasteiger partial charge in [0.1, 0.15) is 25.0 Å². The molecule has 2 aromatic rings. The van der Waals surface area contributed by atoms with Gasteiger partial charge in [-0.3, -0.25) is 4.99 Å². The van der Waals surface area contributed by atoms with Crippen LogP contribution >= 0.6 is 0 Å². The van der Waals surface area contributed by atoms with Crippen LogP contribution in [0.2, 0.25) is 0 Å². The number of nitrogens with one attached hydrogen (secondary N) is 1. The maximum Gasteiger partial charge on any atom is 0.211 e. The van der Waals surface area contributed by atoms with Crippen LogP contribution in [0.5, 0.6) is 11.5 Å². The van der Waals surface area contributed by atoms with Crippen LogP contribution in [0.1, 0.15) is 12.0 Å². The molecule has 0 atom stereocenters. The standard InChI is InChI=1S/C19H19N3O2/c1-22-9-7-13-11-21-18-17(13)16(22)10-15(19(18)24)20-8-6-12-2-4-14(23)5-3-12/h2-5,10-11H,6-9H2,1H3,(H2,20,21,23,24)/p+1. The molecule has 24 heavy (non-hydrogen) atoms. The third kappa shape index (κ3) is 2.42. The molecule has 0 spiro atoms. The van der Waals surface area contributed by atoms with E-state index in [9.17, 15) is 10.2 Å². The second kappa shape index (κ2) is 5.67. The van der Waals surface area contributed by atoms with E-state index in [0.717, 1.165) is 41.2 Å². The molecule has 3 N–H and O–H groups in total. The first-order valence-electron chi connectivity index (χ1n) is 8.16. The summed E-state index contributed by atoms with van der Waals surface area (Å²) in [6.07, 6.45) is 3.65. The predicted octanol–water partition coefficient (Wildman–Crippen LogP) is 1.14. The molecule has 0 saturated carbocycles. The minimum atomic E-state index is 0.223. The molecule has 5 nitrogen and oxygen atoms in total. The molecule has 0 aromatic heterocycles. The third-order valence-corrected chi connectivity index (χ3v) is 4.72. The molecule has 2 aliphatic heterocycles. The minimum absolute atomic E-state index is 0.223. The summed E-state index contributed by atoms with van der Waals surface area (Å²) in [6, 6.07) is 9.20. The summed E-state index contributed by atoms with van der Waals surface area (Å²) in [5.74, 6) is 0.496. The van der Waals surface area contributed by atoms with Gasteiger partial charge < -0.3 is 15.5 Å². The topological polar surface area (TPSA) is 67.9 Å². The molecule has 0 fully saturated rings. The van der Waals surface area contributed by atoms with E-state index in [1.54, 1.807) is 12.1 Å². The smallest absolute Gasteiger partial charge is 0.211 e. The Bertz CT molecular complexity index is 960. The normalized spacial score (nSPS) is 14.9. The fourth-order valence-electron chi connectivity index (χ4n) is 3.33. The zero-order valence-corrected chi connectivity index (χ0v) is 13.6. The van der Waals surface area contributed by atoms with Crippen molar-refractivity contribution in [2.24, 2.45) is 4.99 Å². The number of hydrogen-bond acceptors (Lipinski definition) is 4. The van der Waals surface area contributed by atoms with Gasteiger partial charge in [-0.2, -0.15) is 0 Å². The molecule has 0 amide bonds. The lowest BCUT2D eigenvalue weighted by Gasteiger charge is -2.11. The first kappa shape index (κ1) is 14.8. The molecule has 0 aliphatic carbocycles. The number of anilines is 1. The van der Waals surface area contributed by atoms with E-state index in [4.69, 9.17) is 0 Å². The Morgan fingerprint density at radius 3 is 2.79 bits per heavy atom. The van der Waals surface area contributed by atoms with Crippen molar-refractivity contribution in [1.82, 2.24) is 4.58 Å². The van der Waals surface area contributed by atoms with E-state index in [2.05, 4.69) is 21.9 Å². The Hall–Kier alpha value is -2.82. The molecule has 4 rings (SSSR count). The van der Waals surface area contributed by atoms with E-state index < -0.39 is 0 Å². The van der Waals surface area contributed by atoms with Gasteiger partial charge in [0.05, 0.1) is 10.9 Å². The number of aromatic hydroxyl groups is 2. The zero-order valence-electron chi connectivity index (χ0n) is 13.6. The number of rotatable bonds is 4. The fourth-order valence-corrected chi connectivity index (χ4v) is 3.33. The van der Waals surface area contributed by atoms with Gasteiger partial charge >= 0.3 is 0 Å². The highest BCUT2D eigenvalue weighted by Crippen LogP contribution is 2.32. The van der Waals surface area contributed by atoms with Gasteiger partial charge in [-0.25, -0.2) is 4.58 Å². The van der Waals surface area contributed by atoms with Crippen LogP contribution in [0.4, 0.5) is 11.4 Å². The molecular weight excluding hydrogens is 302 g/mol. The number of phenolic OH excluding ortho intramolecular Hbond substituents is 2. The summed E-state index contributed by atoms with van der Waals surface area (Å²) in [5, 5.41) is 25.4. The van der Waals surface area contributed by atoms with Crippen LogP contribution in [0.3, 0.4) is 0 Å². The molecule has 2 heterocycles. The van der Waals surface area contributed by atoms with Crippen molar-refractivity contribution < 1.29 is 10.2 Å². The van der Waals surface area contributed by atoms with Crippen LogP contribution in [0, 0.1) is 0 Å². The van der Waals surface area contributed by atoms with Crippen molar-refractivity contribution in [3.8, 4) is 11.5 Å². The predicted molar refractivity (Wildman–Crippen MR) is 95.9 cm³/mol. The van der Waals surface area contributed by atoms with Crippen molar-refractivity contribution in [3.05, 3.63) is 46.5 Å². The van der Waals surface area contributed by atoms with Crippen LogP contribution in [-0.4, -0.2) is 36.6 Å². The second-order valence-electron chi connectivity index (χ2n) is 6.31. The van der Waals surface area contributed by atoms with E-state index >= 15 is 0 Å². The maximum atomic E-state index is 10.6. The van der Waals surface area contributed by atoms with Crippen molar-refractivity contribution in [1.29, 1.82) is 0 Å². The monoisotopic (exact) mass is 322 g/mol. The molecular formula is C19H20N3O2+. The molecule has 0 bridgehead atoms. The Balaban J connectivity index is 1.61. The highest BCUT2D eigenvalue weighted by Gasteiger charge is 2.23. The van der Waals surface area contributed by atoms with Crippen LogP contribution < -0.4 is 20.5 Å². The quantitative estimate of drug-likeness (QED) is 0.584. The first-order chi connectivity index (χ1) is 11.6. The Morgan fingerprint density at radius 1 is 1.21 bits per heavy atom. The van der Waals surface area contributed by atoms with Gasteiger partial charge in [0.15, 0.2) is 5.75 Å². The molecule has 0 radical (unpaired) electrons. The zero-order chi connectivity index (χ0) is 16.7. The van der Waals surface area contributed by atoms with Crippen molar-refractivity contribution in [2.45, 2.75) is 12.8 Å². The van der Waals surface area contributed by atoms with E-state index in [0.29, 0.717) is 12.2 Å². The van der Waals surface area contributed by atoms with Crippen molar-refractivity contribution >= 4 is 23.2 Å². The number of aliphatic imine (C=N–C) groups is 1. The van der Waals surface area contributed by atoms with E-state index in [1.165, 1.54) is 5.57 Å². The molecule has 122 valence electrons. The summed E-state index contributed by atoms with van der Waals surface area (Å²) < 4.78 is 2.21. The third-order valence-electron chi connectivity index (χ3n) is 4.72. The summed E-state index contributed by atoms with van der Waals surface area (Å²) in [7, 11) is 2.07. The Labute approximate surface area is 139 Å². The van der Waals surface area contributed by atoms with Crippen molar-refractivity contribution in [3.63, 3.8) is 0 Å². The van der Waals surface area contributed by atoms with Gasteiger partial charge in [0.25, 0.3) is 0 Å². The summed E-state index contributed by atoms with van der Waals surface area (Å²) in [6.45, 7) is 1.66. The maximum absolute atomic E-state index is 10.6. The molecule has 5 heteroatoms. The highest BCUT2D eigenvalue weighted by molar-refractivity contribution is 6.08. The second-order valence-corrected chi connectivity index (χ2v) is 6.31. The number of benzene rings is 2. The van der Waals surface area contributed by atoms with Crippen LogP contribution in [0.15, 0.2) is 35.3 Å². The Kier molecular flexibility index (Phi) is 3.49. The van der Waals surface area contributed by atoms with Crippen LogP contribution in [0.25, 0.3) is 5.57 Å². The average molecular weight is 322 g/mol. The lowest BCUT2D eigenvalue weighted by Crippen LogP contribution is -2.43. The van der Waals surface area contributed by atoms with Gasteiger partial charge in [0.2, 0.25) is 5.36 Å². The van der Waals surface area contributed by atoms with Crippen LogP contribution in [-0.2, 0) is 6.42 Å². The SMILES string of the molecule is C[N+]1=c2cc(NCCc3ccc(O)cc3)c(O)c3c2=C(C=N3)CC1. The molecule has 0 saturated heterocycles. The van der Waals surface area contributed by atoms with Gasteiger partial charge in [-0.15, -0.1) is 0 Å². The van der Waals surface area contributed by atoms with Gasteiger partial charge in [0, 0.05) is 25.2 Å². The van der Waals surface area contributed by atoms with E-state index in [1.807, 2.05) is 24.4 Å². The minimum Gasteiger partial charge on any atom is -0.508 e. The average Bonchev–Trinajstić information content (AvgIpc) is 3.01. The van der Waals surface area contributed by atoms with E-state index in [-0.39, 0.29) is 11.5 Å². The highest BCUT2D eigenvalue weighted by atomic mass is 16.3.